The van der Waals surface area contributed by atoms with Crippen molar-refractivity contribution in [2.75, 3.05) is 0 Å². The highest BCUT2D eigenvalue weighted by Gasteiger charge is 2.17. The summed E-state index contributed by atoms with van der Waals surface area (Å²) in [5.74, 6) is 0. The molecule has 0 aliphatic rings. The van der Waals surface area contributed by atoms with Gasteiger partial charge in [-0.15, -0.1) is 12.6 Å². The van der Waals surface area contributed by atoms with Gasteiger partial charge in [-0.25, -0.2) is 0 Å². The number of thiol groups is 1. The summed E-state index contributed by atoms with van der Waals surface area (Å²) in [6, 6.07) is 8.01. The van der Waals surface area contributed by atoms with Gasteiger partial charge in [0.1, 0.15) is 0 Å². The van der Waals surface area contributed by atoms with Gasteiger partial charge in [0.2, 0.25) is 0 Å². The molecule has 1 nitrogen and oxygen atoms in total. The van der Waals surface area contributed by atoms with E-state index < -0.39 is 0 Å². The van der Waals surface area contributed by atoms with Crippen LogP contribution in [0.5, 0.6) is 0 Å². The zero-order valence-corrected chi connectivity index (χ0v) is 8.44. The van der Waals surface area contributed by atoms with Gasteiger partial charge in [-0.1, -0.05) is 19.1 Å². The van der Waals surface area contributed by atoms with E-state index in [1.807, 2.05) is 31.2 Å². The molecular formula is C10H15NS. The van der Waals surface area contributed by atoms with Crippen LogP contribution in [0.25, 0.3) is 0 Å². The second-order valence-corrected chi connectivity index (χ2v) is 3.84. The fourth-order valence-corrected chi connectivity index (χ4v) is 1.29. The lowest BCUT2D eigenvalue weighted by Crippen LogP contribution is -2.31. The highest BCUT2D eigenvalue weighted by Crippen LogP contribution is 2.22. The minimum Gasteiger partial charge on any atom is -0.322 e. The number of rotatable bonds is 2. The smallest absolute Gasteiger partial charge is 0.0378 e. The molecule has 2 heteroatoms. The zero-order valence-electron chi connectivity index (χ0n) is 7.54. The Kier molecular flexibility index (Phi) is 2.80. The van der Waals surface area contributed by atoms with Gasteiger partial charge in [0.05, 0.1) is 0 Å². The largest absolute Gasteiger partial charge is 0.322 e. The second kappa shape index (κ2) is 3.50. The summed E-state index contributed by atoms with van der Waals surface area (Å²) in [6.45, 7) is 4.13. The van der Waals surface area contributed by atoms with Gasteiger partial charge in [-0.05, 0) is 31.0 Å². The summed E-state index contributed by atoms with van der Waals surface area (Å²) in [4.78, 5) is 0.970. The fourth-order valence-electron chi connectivity index (χ4n) is 1.07. The minimum absolute atomic E-state index is 0.223. The monoisotopic (exact) mass is 181 g/mol. The molecule has 0 radical (unpaired) electrons. The predicted molar refractivity (Wildman–Crippen MR) is 55.5 cm³/mol. The van der Waals surface area contributed by atoms with Gasteiger partial charge in [0.25, 0.3) is 0 Å². The normalized spacial score (nSPS) is 15.7. The topological polar surface area (TPSA) is 26.0 Å². The predicted octanol–water partition coefficient (Wildman–Crippen LogP) is 2.56. The van der Waals surface area contributed by atoms with E-state index in [0.29, 0.717) is 0 Å². The molecular weight excluding hydrogens is 166 g/mol. The van der Waals surface area contributed by atoms with Crippen molar-refractivity contribution in [3.8, 4) is 0 Å². The Bertz CT molecular complexity index is 268. The van der Waals surface area contributed by atoms with Crippen LogP contribution in [-0.2, 0) is 5.54 Å². The van der Waals surface area contributed by atoms with E-state index in [4.69, 9.17) is 5.73 Å². The molecule has 0 amide bonds. The molecule has 1 aromatic rings. The molecule has 66 valence electrons. The molecule has 0 heterocycles. The highest BCUT2D eigenvalue weighted by atomic mass is 32.1. The first kappa shape index (κ1) is 9.62. The van der Waals surface area contributed by atoms with Gasteiger partial charge in [0.15, 0.2) is 0 Å². The third-order valence-electron chi connectivity index (χ3n) is 2.24. The van der Waals surface area contributed by atoms with E-state index in [2.05, 4.69) is 19.6 Å². The van der Waals surface area contributed by atoms with Gasteiger partial charge >= 0.3 is 0 Å². The Morgan fingerprint density at radius 2 is 2.17 bits per heavy atom. The summed E-state index contributed by atoms with van der Waals surface area (Å²) in [6.07, 6.45) is 0.935. The molecule has 0 aliphatic carbocycles. The lowest BCUT2D eigenvalue weighted by atomic mass is 9.91. The van der Waals surface area contributed by atoms with Crippen molar-refractivity contribution in [3.63, 3.8) is 0 Å². The maximum Gasteiger partial charge on any atom is 0.0378 e. The van der Waals surface area contributed by atoms with Crippen LogP contribution < -0.4 is 5.73 Å². The van der Waals surface area contributed by atoms with Crippen LogP contribution in [0.15, 0.2) is 29.2 Å². The lowest BCUT2D eigenvalue weighted by Gasteiger charge is -2.23. The van der Waals surface area contributed by atoms with Crippen LogP contribution in [-0.4, -0.2) is 0 Å². The van der Waals surface area contributed by atoms with Crippen LogP contribution in [0.2, 0.25) is 0 Å². The first-order valence-corrected chi connectivity index (χ1v) is 4.59. The average Bonchev–Trinajstić information content (AvgIpc) is 2.05. The number of benzene rings is 1. The SMILES string of the molecule is CCC(C)(N)c1cccc(S)c1. The Hall–Kier alpha value is -0.470. The second-order valence-electron chi connectivity index (χ2n) is 3.32. The average molecular weight is 181 g/mol. The van der Waals surface area contributed by atoms with Crippen LogP contribution in [0.1, 0.15) is 25.8 Å². The standard InChI is InChI=1S/C10H15NS/c1-3-10(2,11)8-5-4-6-9(12)7-8/h4-7,12H,3,11H2,1-2H3. The third kappa shape index (κ3) is 2.02. The molecule has 1 rings (SSSR count). The molecule has 1 aromatic carbocycles. The van der Waals surface area contributed by atoms with Crippen molar-refractivity contribution in [1.82, 2.24) is 0 Å². The number of hydrogen-bond acceptors (Lipinski definition) is 2. The number of hydrogen-bond donors (Lipinski definition) is 2. The molecule has 0 aliphatic heterocycles. The summed E-state index contributed by atoms with van der Waals surface area (Å²) < 4.78 is 0. The van der Waals surface area contributed by atoms with Crippen LogP contribution in [0.3, 0.4) is 0 Å². The molecule has 1 unspecified atom stereocenters. The maximum atomic E-state index is 6.07. The van der Waals surface area contributed by atoms with Crippen molar-refractivity contribution in [3.05, 3.63) is 29.8 Å². The van der Waals surface area contributed by atoms with Gasteiger partial charge in [-0.2, -0.15) is 0 Å². The van der Waals surface area contributed by atoms with E-state index in [0.717, 1.165) is 16.9 Å². The third-order valence-corrected chi connectivity index (χ3v) is 2.52. The van der Waals surface area contributed by atoms with Crippen LogP contribution >= 0.6 is 12.6 Å². The van der Waals surface area contributed by atoms with E-state index >= 15 is 0 Å². The highest BCUT2D eigenvalue weighted by molar-refractivity contribution is 7.80. The molecule has 0 bridgehead atoms. The van der Waals surface area contributed by atoms with Gasteiger partial charge in [0, 0.05) is 10.4 Å². The van der Waals surface area contributed by atoms with Crippen molar-refractivity contribution >= 4 is 12.6 Å². The summed E-state index contributed by atoms with van der Waals surface area (Å²) >= 11 is 4.27. The fraction of sp³-hybridized carbons (Fsp3) is 0.400. The molecule has 0 saturated heterocycles. The first-order chi connectivity index (χ1) is 5.56. The Morgan fingerprint density at radius 1 is 1.50 bits per heavy atom. The van der Waals surface area contributed by atoms with E-state index in [1.54, 1.807) is 0 Å². The molecule has 1 atom stereocenters. The van der Waals surface area contributed by atoms with Crippen LogP contribution in [0.4, 0.5) is 0 Å². The lowest BCUT2D eigenvalue weighted by molar-refractivity contribution is 0.475. The van der Waals surface area contributed by atoms with Crippen molar-refractivity contribution in [2.45, 2.75) is 30.7 Å². The number of nitrogens with two attached hydrogens (primary N) is 1. The van der Waals surface area contributed by atoms with E-state index in [-0.39, 0.29) is 5.54 Å². The summed E-state index contributed by atoms with van der Waals surface area (Å²) in [5.41, 5.74) is 7.00. The molecule has 0 spiro atoms. The maximum absolute atomic E-state index is 6.07. The summed E-state index contributed by atoms with van der Waals surface area (Å²) in [5, 5.41) is 0. The quantitative estimate of drug-likeness (QED) is 0.674. The van der Waals surface area contributed by atoms with Crippen molar-refractivity contribution in [2.24, 2.45) is 5.73 Å². The van der Waals surface area contributed by atoms with Crippen LogP contribution in [0, 0.1) is 0 Å². The van der Waals surface area contributed by atoms with Crippen molar-refractivity contribution < 1.29 is 0 Å². The van der Waals surface area contributed by atoms with Crippen molar-refractivity contribution in [1.29, 1.82) is 0 Å². The molecule has 0 saturated carbocycles. The van der Waals surface area contributed by atoms with E-state index in [9.17, 15) is 0 Å². The Balaban J connectivity index is 3.03. The van der Waals surface area contributed by atoms with Gasteiger partial charge < -0.3 is 5.73 Å². The Morgan fingerprint density at radius 3 is 2.67 bits per heavy atom. The molecule has 0 fully saturated rings. The Labute approximate surface area is 79.4 Å². The summed E-state index contributed by atoms with van der Waals surface area (Å²) in [7, 11) is 0. The molecule has 0 aromatic heterocycles. The first-order valence-electron chi connectivity index (χ1n) is 4.14. The molecule has 2 N–H and O–H groups in total. The molecule has 12 heavy (non-hydrogen) atoms. The van der Waals surface area contributed by atoms with E-state index in [1.165, 1.54) is 0 Å². The minimum atomic E-state index is -0.223. The van der Waals surface area contributed by atoms with Gasteiger partial charge in [-0.3, -0.25) is 0 Å². The zero-order chi connectivity index (χ0) is 9.19.